The number of sulfone groups is 1. The SMILES string of the molecule is CS(=O)(=O)c1ccc(Nc2ncnc(N3CCC(C4NN=C(c5ccc(F)cc5)O4)CC3)c2[N+](=O)[O-])cc1. The second kappa shape index (κ2) is 10.2. The molecular formula is C24H24FN7O5S. The molecule has 12 nitrogen and oxygen atoms in total. The summed E-state index contributed by atoms with van der Waals surface area (Å²) in [5, 5.41) is 19.2. The second-order valence-corrected chi connectivity index (χ2v) is 11.0. The molecule has 14 heteroatoms. The minimum Gasteiger partial charge on any atom is -0.451 e. The summed E-state index contributed by atoms with van der Waals surface area (Å²) in [5.41, 5.74) is 3.84. The molecule has 0 spiro atoms. The molecule has 0 saturated carbocycles. The van der Waals surface area contributed by atoms with Crippen LogP contribution in [-0.4, -0.2) is 54.8 Å². The molecule has 2 aliphatic rings. The monoisotopic (exact) mass is 541 g/mol. The molecule has 2 aliphatic heterocycles. The Morgan fingerprint density at radius 3 is 2.42 bits per heavy atom. The molecule has 1 fully saturated rings. The zero-order valence-electron chi connectivity index (χ0n) is 20.2. The quantitative estimate of drug-likeness (QED) is 0.337. The summed E-state index contributed by atoms with van der Waals surface area (Å²) >= 11 is 0. The van der Waals surface area contributed by atoms with Crippen LogP contribution in [0.1, 0.15) is 18.4 Å². The van der Waals surface area contributed by atoms with Crippen LogP contribution in [0.15, 0.2) is 64.9 Å². The van der Waals surface area contributed by atoms with Gasteiger partial charge in [-0.1, -0.05) is 0 Å². The van der Waals surface area contributed by atoms with Gasteiger partial charge in [0.15, 0.2) is 16.1 Å². The van der Waals surface area contributed by atoms with Gasteiger partial charge in [0.2, 0.25) is 17.5 Å². The van der Waals surface area contributed by atoms with E-state index in [1.807, 2.05) is 4.90 Å². The molecule has 2 N–H and O–H groups in total. The number of piperidine rings is 1. The predicted octanol–water partition coefficient (Wildman–Crippen LogP) is 3.20. The number of nitrogens with one attached hydrogen (secondary N) is 2. The van der Waals surface area contributed by atoms with Gasteiger partial charge in [0.25, 0.3) is 0 Å². The third-order valence-electron chi connectivity index (χ3n) is 6.42. The Morgan fingerprint density at radius 1 is 1.11 bits per heavy atom. The lowest BCUT2D eigenvalue weighted by Gasteiger charge is -2.34. The lowest BCUT2D eigenvalue weighted by atomic mass is 9.95. The number of anilines is 3. The third kappa shape index (κ3) is 5.34. The van der Waals surface area contributed by atoms with Gasteiger partial charge in [-0.2, -0.15) is 0 Å². The van der Waals surface area contributed by atoms with Crippen LogP contribution in [0.25, 0.3) is 0 Å². The van der Waals surface area contributed by atoms with E-state index >= 15 is 0 Å². The van der Waals surface area contributed by atoms with Crippen molar-refractivity contribution in [1.29, 1.82) is 0 Å². The molecule has 1 unspecified atom stereocenters. The highest BCUT2D eigenvalue weighted by molar-refractivity contribution is 7.90. The van der Waals surface area contributed by atoms with Gasteiger partial charge >= 0.3 is 5.69 Å². The van der Waals surface area contributed by atoms with Crippen LogP contribution < -0.4 is 15.6 Å². The van der Waals surface area contributed by atoms with Crippen molar-refractivity contribution in [3.63, 3.8) is 0 Å². The topological polar surface area (TPSA) is 152 Å². The Kier molecular flexibility index (Phi) is 6.80. The van der Waals surface area contributed by atoms with E-state index in [1.54, 1.807) is 12.1 Å². The maximum absolute atomic E-state index is 13.2. The number of hydrazone groups is 1. The first-order chi connectivity index (χ1) is 18.2. The van der Waals surface area contributed by atoms with Crippen molar-refractivity contribution in [2.24, 2.45) is 11.0 Å². The number of aromatic nitrogens is 2. The van der Waals surface area contributed by atoms with E-state index < -0.39 is 14.8 Å². The lowest BCUT2D eigenvalue weighted by Crippen LogP contribution is -2.42. The van der Waals surface area contributed by atoms with Crippen molar-refractivity contribution in [2.75, 3.05) is 29.6 Å². The third-order valence-corrected chi connectivity index (χ3v) is 7.55. The summed E-state index contributed by atoms with van der Waals surface area (Å²) in [5.74, 6) is 0.352. The predicted molar refractivity (Wildman–Crippen MR) is 137 cm³/mol. The summed E-state index contributed by atoms with van der Waals surface area (Å²) in [6, 6.07) is 11.8. The number of hydrogen-bond donors (Lipinski definition) is 2. The second-order valence-electron chi connectivity index (χ2n) is 8.99. The number of halogens is 1. The maximum Gasteiger partial charge on any atom is 0.353 e. The van der Waals surface area contributed by atoms with Crippen LogP contribution in [0.5, 0.6) is 0 Å². The lowest BCUT2D eigenvalue weighted by molar-refractivity contribution is -0.383. The van der Waals surface area contributed by atoms with E-state index in [-0.39, 0.29) is 40.2 Å². The van der Waals surface area contributed by atoms with Crippen molar-refractivity contribution in [3.05, 3.63) is 76.4 Å². The van der Waals surface area contributed by atoms with Crippen LogP contribution in [-0.2, 0) is 14.6 Å². The van der Waals surface area contributed by atoms with Gasteiger partial charge in [-0.25, -0.2) is 22.8 Å². The van der Waals surface area contributed by atoms with Crippen molar-refractivity contribution in [2.45, 2.75) is 24.0 Å². The van der Waals surface area contributed by atoms with Crippen LogP contribution in [0.3, 0.4) is 0 Å². The number of nitro groups is 1. The molecule has 198 valence electrons. The van der Waals surface area contributed by atoms with Crippen LogP contribution in [0.2, 0.25) is 0 Å². The Hall–Kier alpha value is -4.33. The largest absolute Gasteiger partial charge is 0.451 e. The Labute approximate surface area is 217 Å². The standard InChI is InChI=1S/C24H24FN7O5S/c1-38(35,36)19-8-6-18(7-9-19)28-21-20(32(33)34)22(27-14-26-21)31-12-10-16(11-13-31)24-30-29-23(37-24)15-2-4-17(25)5-3-15/h2-9,14,16,24,30H,10-13H2,1H3,(H,26,27,28). The fourth-order valence-corrected chi connectivity index (χ4v) is 5.05. The highest BCUT2D eigenvalue weighted by Crippen LogP contribution is 2.36. The first-order valence-corrected chi connectivity index (χ1v) is 13.7. The fraction of sp³-hybridized carbons (Fsp3) is 0.292. The van der Waals surface area contributed by atoms with Crippen molar-refractivity contribution in [3.8, 4) is 0 Å². The van der Waals surface area contributed by atoms with Gasteiger partial charge in [-0.15, -0.1) is 5.10 Å². The highest BCUT2D eigenvalue weighted by Gasteiger charge is 2.35. The van der Waals surface area contributed by atoms with Crippen molar-refractivity contribution in [1.82, 2.24) is 15.4 Å². The van der Waals surface area contributed by atoms with Crippen molar-refractivity contribution < 1.29 is 22.5 Å². The average Bonchev–Trinajstić information content (AvgIpc) is 3.39. The van der Waals surface area contributed by atoms with Crippen LogP contribution in [0.4, 0.5) is 27.4 Å². The summed E-state index contributed by atoms with van der Waals surface area (Å²) in [7, 11) is -3.37. The number of nitrogens with zero attached hydrogens (tertiary/aromatic N) is 5. The number of ether oxygens (including phenoxy) is 1. The fourth-order valence-electron chi connectivity index (χ4n) is 4.42. The minimum atomic E-state index is -3.37. The molecule has 0 bridgehead atoms. The molecule has 3 aromatic rings. The molecule has 2 aromatic carbocycles. The highest BCUT2D eigenvalue weighted by atomic mass is 32.2. The molecule has 0 aliphatic carbocycles. The van der Waals surface area contributed by atoms with Crippen LogP contribution in [0, 0.1) is 21.8 Å². The van der Waals surface area contributed by atoms with E-state index in [9.17, 15) is 22.9 Å². The van der Waals surface area contributed by atoms with Gasteiger partial charge in [0.05, 0.1) is 9.82 Å². The van der Waals surface area contributed by atoms with E-state index in [0.29, 0.717) is 43.1 Å². The summed E-state index contributed by atoms with van der Waals surface area (Å²) in [4.78, 5) is 21.8. The molecule has 1 saturated heterocycles. The normalized spacial score (nSPS) is 17.9. The smallest absolute Gasteiger partial charge is 0.353 e. The van der Waals surface area contributed by atoms with Gasteiger partial charge in [-0.05, 0) is 61.4 Å². The van der Waals surface area contributed by atoms with Crippen molar-refractivity contribution >= 4 is 38.7 Å². The van der Waals surface area contributed by atoms with Gasteiger partial charge in [-0.3, -0.25) is 15.5 Å². The van der Waals surface area contributed by atoms with Gasteiger partial charge in [0, 0.05) is 36.5 Å². The van der Waals surface area contributed by atoms with Gasteiger partial charge in [0.1, 0.15) is 12.1 Å². The first kappa shape index (κ1) is 25.3. The van der Waals surface area contributed by atoms with E-state index in [4.69, 9.17) is 4.74 Å². The van der Waals surface area contributed by atoms with E-state index in [2.05, 4.69) is 25.8 Å². The molecule has 38 heavy (non-hydrogen) atoms. The molecule has 5 rings (SSSR count). The zero-order valence-corrected chi connectivity index (χ0v) is 21.1. The minimum absolute atomic E-state index is 0.00682. The molecule has 1 aromatic heterocycles. The summed E-state index contributed by atoms with van der Waals surface area (Å²) in [6.45, 7) is 0.997. The Bertz CT molecular complexity index is 1470. The Balaban J connectivity index is 1.26. The summed E-state index contributed by atoms with van der Waals surface area (Å²) in [6.07, 6.45) is 3.34. The maximum atomic E-state index is 13.2. The number of benzene rings is 2. The molecule has 1 atom stereocenters. The molecule has 0 amide bonds. The van der Waals surface area contributed by atoms with Crippen LogP contribution >= 0.6 is 0 Å². The molecule has 0 radical (unpaired) electrons. The molecular weight excluding hydrogens is 517 g/mol. The Morgan fingerprint density at radius 2 is 1.79 bits per heavy atom. The first-order valence-electron chi connectivity index (χ1n) is 11.8. The molecule has 3 heterocycles. The van der Waals surface area contributed by atoms with E-state index in [1.165, 1.54) is 42.7 Å². The number of hydrogen-bond acceptors (Lipinski definition) is 11. The zero-order chi connectivity index (χ0) is 26.9. The van der Waals surface area contributed by atoms with E-state index in [0.717, 1.165) is 6.26 Å². The summed E-state index contributed by atoms with van der Waals surface area (Å²) < 4.78 is 42.6. The van der Waals surface area contributed by atoms with Gasteiger partial charge < -0.3 is 15.0 Å². The average molecular weight is 542 g/mol. The number of rotatable bonds is 7.